The smallest absolute Gasteiger partial charge is 0.0685 e. The summed E-state index contributed by atoms with van der Waals surface area (Å²) in [5, 5.41) is 0. The van der Waals surface area contributed by atoms with Crippen molar-refractivity contribution < 1.29 is 9.47 Å². The Kier molecular flexibility index (Phi) is 4.45. The summed E-state index contributed by atoms with van der Waals surface area (Å²) in [6.45, 7) is 5.71. The molecule has 2 N–H and O–H groups in total. The van der Waals surface area contributed by atoms with E-state index in [-0.39, 0.29) is 17.7 Å². The third kappa shape index (κ3) is 3.43. The molecule has 1 saturated carbocycles. The molecule has 0 bridgehead atoms. The topological polar surface area (TPSA) is 44.5 Å². The van der Waals surface area contributed by atoms with Crippen molar-refractivity contribution in [1.29, 1.82) is 0 Å². The molecule has 2 aliphatic rings. The Morgan fingerprint density at radius 3 is 2.71 bits per heavy atom. The fraction of sp³-hybridized carbons (Fsp3) is 1.00. The average molecular weight is 241 g/mol. The van der Waals surface area contributed by atoms with Gasteiger partial charge in [-0.2, -0.15) is 0 Å². The molecule has 17 heavy (non-hydrogen) atoms. The predicted octanol–water partition coefficient (Wildman–Crippen LogP) is 2.48. The van der Waals surface area contributed by atoms with Gasteiger partial charge in [-0.1, -0.05) is 12.8 Å². The highest BCUT2D eigenvalue weighted by molar-refractivity contribution is 4.93. The molecule has 3 nitrogen and oxygen atoms in total. The van der Waals surface area contributed by atoms with Crippen LogP contribution in [0.5, 0.6) is 0 Å². The third-order valence-corrected chi connectivity index (χ3v) is 4.27. The van der Waals surface area contributed by atoms with E-state index in [1.165, 1.54) is 25.7 Å². The molecule has 2 unspecified atom stereocenters. The minimum absolute atomic E-state index is 0.179. The Balaban J connectivity index is 1.84. The molecule has 0 aromatic heterocycles. The van der Waals surface area contributed by atoms with E-state index in [2.05, 4.69) is 13.8 Å². The third-order valence-electron chi connectivity index (χ3n) is 4.27. The summed E-state index contributed by atoms with van der Waals surface area (Å²) in [5.74, 6) is 0.584. The van der Waals surface area contributed by atoms with E-state index in [1.54, 1.807) is 0 Å². The van der Waals surface area contributed by atoms with Gasteiger partial charge in [0.05, 0.1) is 18.3 Å². The summed E-state index contributed by atoms with van der Waals surface area (Å²) in [4.78, 5) is 0. The summed E-state index contributed by atoms with van der Waals surface area (Å²) in [6, 6.07) is 0.179. The van der Waals surface area contributed by atoms with Crippen molar-refractivity contribution in [3.8, 4) is 0 Å². The van der Waals surface area contributed by atoms with E-state index in [4.69, 9.17) is 15.2 Å². The normalized spacial score (nSPS) is 30.0. The number of hydrogen-bond acceptors (Lipinski definition) is 3. The van der Waals surface area contributed by atoms with Gasteiger partial charge in [0, 0.05) is 12.6 Å². The van der Waals surface area contributed by atoms with Gasteiger partial charge < -0.3 is 15.2 Å². The van der Waals surface area contributed by atoms with Crippen LogP contribution in [0.1, 0.15) is 52.4 Å². The fourth-order valence-electron chi connectivity index (χ4n) is 3.24. The molecule has 0 radical (unpaired) electrons. The van der Waals surface area contributed by atoms with Gasteiger partial charge in [-0.05, 0) is 45.4 Å². The van der Waals surface area contributed by atoms with Crippen molar-refractivity contribution in [2.24, 2.45) is 11.7 Å². The summed E-state index contributed by atoms with van der Waals surface area (Å²) >= 11 is 0. The zero-order valence-electron chi connectivity index (χ0n) is 11.3. The van der Waals surface area contributed by atoms with Crippen LogP contribution in [0.3, 0.4) is 0 Å². The monoisotopic (exact) mass is 241 g/mol. The highest BCUT2D eigenvalue weighted by Crippen LogP contribution is 2.42. The van der Waals surface area contributed by atoms with E-state index < -0.39 is 0 Å². The SMILES string of the molecule is CC(C)OCC(N)C1CCOC2(CCCC2)C1. The van der Waals surface area contributed by atoms with Gasteiger partial charge in [-0.25, -0.2) is 0 Å². The van der Waals surface area contributed by atoms with Crippen LogP contribution in [-0.2, 0) is 9.47 Å². The lowest BCUT2D eigenvalue weighted by Gasteiger charge is -2.40. The average Bonchev–Trinajstić information content (AvgIpc) is 2.74. The van der Waals surface area contributed by atoms with Crippen molar-refractivity contribution in [3.05, 3.63) is 0 Å². The molecule has 0 aromatic rings. The Labute approximate surface area is 105 Å². The lowest BCUT2D eigenvalue weighted by Crippen LogP contribution is -2.45. The van der Waals surface area contributed by atoms with Crippen LogP contribution >= 0.6 is 0 Å². The lowest BCUT2D eigenvalue weighted by molar-refractivity contribution is -0.100. The van der Waals surface area contributed by atoms with Gasteiger partial charge in [-0.3, -0.25) is 0 Å². The molecule has 100 valence electrons. The number of nitrogens with two attached hydrogens (primary N) is 1. The van der Waals surface area contributed by atoms with Crippen molar-refractivity contribution in [1.82, 2.24) is 0 Å². The van der Waals surface area contributed by atoms with Crippen molar-refractivity contribution in [2.45, 2.75) is 70.1 Å². The maximum Gasteiger partial charge on any atom is 0.0685 e. The molecule has 2 rings (SSSR count). The Morgan fingerprint density at radius 1 is 1.35 bits per heavy atom. The molecule has 1 aliphatic carbocycles. The summed E-state index contributed by atoms with van der Waals surface area (Å²) in [5.41, 5.74) is 6.45. The van der Waals surface area contributed by atoms with E-state index in [9.17, 15) is 0 Å². The van der Waals surface area contributed by atoms with Crippen LogP contribution in [0.2, 0.25) is 0 Å². The highest BCUT2D eigenvalue weighted by Gasteiger charge is 2.41. The lowest BCUT2D eigenvalue weighted by atomic mass is 9.81. The van der Waals surface area contributed by atoms with Gasteiger partial charge in [0.25, 0.3) is 0 Å². The number of hydrogen-bond donors (Lipinski definition) is 1. The van der Waals surface area contributed by atoms with Crippen LogP contribution in [0.4, 0.5) is 0 Å². The number of ether oxygens (including phenoxy) is 2. The Morgan fingerprint density at radius 2 is 2.06 bits per heavy atom. The molecular weight excluding hydrogens is 214 g/mol. The van der Waals surface area contributed by atoms with Crippen molar-refractivity contribution >= 4 is 0 Å². The first-order valence-corrected chi connectivity index (χ1v) is 7.12. The van der Waals surface area contributed by atoms with E-state index in [0.29, 0.717) is 12.5 Å². The van der Waals surface area contributed by atoms with E-state index >= 15 is 0 Å². The van der Waals surface area contributed by atoms with Crippen LogP contribution in [0.25, 0.3) is 0 Å². The van der Waals surface area contributed by atoms with Crippen molar-refractivity contribution in [3.63, 3.8) is 0 Å². The van der Waals surface area contributed by atoms with Gasteiger partial charge in [0.1, 0.15) is 0 Å². The fourth-order valence-corrected chi connectivity index (χ4v) is 3.24. The van der Waals surface area contributed by atoms with E-state index in [0.717, 1.165) is 19.4 Å². The molecule has 1 heterocycles. The first-order chi connectivity index (χ1) is 8.11. The van der Waals surface area contributed by atoms with Crippen LogP contribution in [0.15, 0.2) is 0 Å². The molecule has 1 saturated heterocycles. The van der Waals surface area contributed by atoms with Gasteiger partial charge in [-0.15, -0.1) is 0 Å². The summed E-state index contributed by atoms with van der Waals surface area (Å²) < 4.78 is 11.7. The van der Waals surface area contributed by atoms with Crippen LogP contribution < -0.4 is 5.73 Å². The second kappa shape index (κ2) is 5.68. The first-order valence-electron chi connectivity index (χ1n) is 7.12. The largest absolute Gasteiger partial charge is 0.377 e. The highest BCUT2D eigenvalue weighted by atomic mass is 16.5. The zero-order valence-corrected chi connectivity index (χ0v) is 11.3. The van der Waals surface area contributed by atoms with E-state index in [1.807, 2.05) is 0 Å². The van der Waals surface area contributed by atoms with Crippen LogP contribution in [0, 0.1) is 5.92 Å². The first kappa shape index (κ1) is 13.3. The molecule has 1 aliphatic heterocycles. The quantitative estimate of drug-likeness (QED) is 0.822. The second-order valence-corrected chi connectivity index (χ2v) is 6.04. The van der Waals surface area contributed by atoms with Gasteiger partial charge >= 0.3 is 0 Å². The zero-order chi connectivity index (χ0) is 12.3. The second-order valence-electron chi connectivity index (χ2n) is 6.04. The Bertz CT molecular complexity index is 236. The summed E-state index contributed by atoms with van der Waals surface area (Å²) in [6.07, 6.45) is 7.65. The summed E-state index contributed by atoms with van der Waals surface area (Å²) in [7, 11) is 0. The minimum atomic E-state index is 0.179. The minimum Gasteiger partial charge on any atom is -0.377 e. The molecule has 2 atom stereocenters. The molecular formula is C14H27NO2. The standard InChI is InChI=1S/C14H27NO2/c1-11(2)16-10-13(15)12-5-8-17-14(9-12)6-3-4-7-14/h11-13H,3-10,15H2,1-2H3. The molecule has 2 fully saturated rings. The molecule has 0 amide bonds. The van der Waals surface area contributed by atoms with Gasteiger partial charge in [0.2, 0.25) is 0 Å². The molecule has 0 aromatic carbocycles. The van der Waals surface area contributed by atoms with Gasteiger partial charge in [0.15, 0.2) is 0 Å². The maximum absolute atomic E-state index is 6.27. The maximum atomic E-state index is 6.27. The predicted molar refractivity (Wildman–Crippen MR) is 68.9 cm³/mol. The van der Waals surface area contributed by atoms with Crippen molar-refractivity contribution in [2.75, 3.05) is 13.2 Å². The van der Waals surface area contributed by atoms with Crippen LogP contribution in [-0.4, -0.2) is 31.0 Å². The molecule has 1 spiro atoms. The number of rotatable bonds is 4. The Hall–Kier alpha value is -0.120. The molecule has 3 heteroatoms.